The summed E-state index contributed by atoms with van der Waals surface area (Å²) in [5.74, 6) is 1.84. The fraction of sp³-hybridized carbons (Fsp3) is 0.750. The fourth-order valence-electron chi connectivity index (χ4n) is 3.08. The summed E-state index contributed by atoms with van der Waals surface area (Å²) in [5.41, 5.74) is 1.05. The molecule has 1 aliphatic rings. The first kappa shape index (κ1) is 17.4. The van der Waals surface area contributed by atoms with E-state index in [-0.39, 0.29) is 6.10 Å². The summed E-state index contributed by atoms with van der Waals surface area (Å²) < 4.78 is 6.72. The van der Waals surface area contributed by atoms with Crippen molar-refractivity contribution in [2.45, 2.75) is 58.5 Å². The highest BCUT2D eigenvalue weighted by molar-refractivity contribution is 14.1. The predicted octanol–water partition coefficient (Wildman–Crippen LogP) is 5.20. The Morgan fingerprint density at radius 1 is 1.24 bits per heavy atom. The molecule has 1 aromatic heterocycles. The highest BCUT2D eigenvalue weighted by atomic mass is 127. The molecule has 2 rings (SSSR count). The largest absolute Gasteiger partial charge is 0.373 e. The quantitative estimate of drug-likeness (QED) is 0.483. The van der Waals surface area contributed by atoms with Crippen molar-refractivity contribution in [1.82, 2.24) is 9.97 Å². The van der Waals surface area contributed by atoms with Gasteiger partial charge in [0, 0.05) is 7.11 Å². The van der Waals surface area contributed by atoms with Gasteiger partial charge in [-0.2, -0.15) is 0 Å². The summed E-state index contributed by atoms with van der Waals surface area (Å²) in [6.07, 6.45) is 7.19. The highest BCUT2D eigenvalue weighted by Crippen LogP contribution is 2.36. The van der Waals surface area contributed by atoms with Crippen LogP contribution in [-0.2, 0) is 11.2 Å². The maximum atomic E-state index is 6.33. The Morgan fingerprint density at radius 3 is 2.48 bits per heavy atom. The second-order valence-electron chi connectivity index (χ2n) is 6.29. The molecule has 0 N–H and O–H groups in total. The third kappa shape index (κ3) is 4.52. The van der Waals surface area contributed by atoms with Crippen LogP contribution in [0.1, 0.15) is 63.6 Å². The van der Waals surface area contributed by atoms with E-state index in [4.69, 9.17) is 21.3 Å². The first-order chi connectivity index (χ1) is 10.0. The summed E-state index contributed by atoms with van der Waals surface area (Å²) in [5, 5.41) is 0.564. The lowest BCUT2D eigenvalue weighted by molar-refractivity contribution is 0.0287. The summed E-state index contributed by atoms with van der Waals surface area (Å²) in [7, 11) is 1.76. The van der Waals surface area contributed by atoms with E-state index < -0.39 is 0 Å². The topological polar surface area (TPSA) is 35.0 Å². The van der Waals surface area contributed by atoms with E-state index in [1.807, 2.05) is 0 Å². The minimum absolute atomic E-state index is 0.0225. The molecule has 0 bridgehead atoms. The lowest BCUT2D eigenvalue weighted by Crippen LogP contribution is -2.21. The van der Waals surface area contributed by atoms with Crippen LogP contribution in [0.2, 0.25) is 5.15 Å². The van der Waals surface area contributed by atoms with E-state index in [2.05, 4.69) is 41.4 Å². The molecule has 1 aliphatic carbocycles. The van der Waals surface area contributed by atoms with Crippen molar-refractivity contribution in [3.8, 4) is 0 Å². The van der Waals surface area contributed by atoms with E-state index in [1.165, 1.54) is 32.1 Å². The minimum atomic E-state index is -0.0225. The number of nitrogens with zero attached hydrogens (tertiary/aromatic N) is 2. The second kappa shape index (κ2) is 8.06. The molecule has 5 heteroatoms. The SMILES string of the molecule is COC(c1nc(Cl)c(I)c(CC(C)C)n1)C1CCCCC1. The van der Waals surface area contributed by atoms with Crippen molar-refractivity contribution in [3.05, 3.63) is 20.2 Å². The summed E-state index contributed by atoms with van der Waals surface area (Å²) in [6.45, 7) is 4.39. The Balaban J connectivity index is 2.29. The first-order valence-corrected chi connectivity index (χ1v) is 9.23. The number of methoxy groups -OCH3 is 1. The summed E-state index contributed by atoms with van der Waals surface area (Å²) >= 11 is 8.58. The molecule has 0 aliphatic heterocycles. The maximum Gasteiger partial charge on any atom is 0.159 e. The van der Waals surface area contributed by atoms with E-state index >= 15 is 0 Å². The van der Waals surface area contributed by atoms with Crippen molar-refractivity contribution in [2.75, 3.05) is 7.11 Å². The van der Waals surface area contributed by atoms with Crippen LogP contribution in [0.4, 0.5) is 0 Å². The molecule has 1 aromatic rings. The van der Waals surface area contributed by atoms with Gasteiger partial charge in [0.1, 0.15) is 11.3 Å². The molecule has 1 atom stereocenters. The molecule has 0 amide bonds. The first-order valence-electron chi connectivity index (χ1n) is 7.77. The molecule has 1 fully saturated rings. The van der Waals surface area contributed by atoms with E-state index in [1.54, 1.807) is 7.11 Å². The third-order valence-electron chi connectivity index (χ3n) is 4.08. The Kier molecular flexibility index (Phi) is 6.69. The van der Waals surface area contributed by atoms with Crippen LogP contribution in [0.3, 0.4) is 0 Å². The monoisotopic (exact) mass is 422 g/mol. The van der Waals surface area contributed by atoms with Gasteiger partial charge < -0.3 is 4.74 Å². The maximum absolute atomic E-state index is 6.33. The molecule has 0 radical (unpaired) electrons. The average molecular weight is 423 g/mol. The summed E-state index contributed by atoms with van der Waals surface area (Å²) in [6, 6.07) is 0. The van der Waals surface area contributed by atoms with Crippen LogP contribution in [0.25, 0.3) is 0 Å². The third-order valence-corrected chi connectivity index (χ3v) is 5.81. The lowest BCUT2D eigenvalue weighted by atomic mass is 9.85. The number of ether oxygens (including phenoxy) is 1. The zero-order valence-corrected chi connectivity index (χ0v) is 15.9. The van der Waals surface area contributed by atoms with Gasteiger partial charge in [-0.05, 0) is 53.7 Å². The second-order valence-corrected chi connectivity index (χ2v) is 7.72. The molecule has 0 aromatic carbocycles. The molecule has 118 valence electrons. The van der Waals surface area contributed by atoms with Crippen molar-refractivity contribution < 1.29 is 4.74 Å². The smallest absolute Gasteiger partial charge is 0.159 e. The fourth-order valence-corrected chi connectivity index (χ4v) is 3.73. The van der Waals surface area contributed by atoms with Crippen LogP contribution < -0.4 is 0 Å². The number of hydrogen-bond acceptors (Lipinski definition) is 3. The Bertz CT molecular complexity index is 476. The van der Waals surface area contributed by atoms with Gasteiger partial charge in [-0.15, -0.1) is 0 Å². The molecular weight excluding hydrogens is 399 g/mol. The Morgan fingerprint density at radius 2 is 1.90 bits per heavy atom. The van der Waals surface area contributed by atoms with Gasteiger partial charge in [-0.3, -0.25) is 0 Å². The zero-order chi connectivity index (χ0) is 15.4. The van der Waals surface area contributed by atoms with Gasteiger partial charge >= 0.3 is 0 Å². The van der Waals surface area contributed by atoms with E-state index in [0.29, 0.717) is 17.0 Å². The number of rotatable bonds is 5. The van der Waals surface area contributed by atoms with Gasteiger partial charge in [0.05, 0.1) is 9.26 Å². The van der Waals surface area contributed by atoms with Gasteiger partial charge in [0.2, 0.25) is 0 Å². The molecule has 21 heavy (non-hydrogen) atoms. The number of halogens is 2. The van der Waals surface area contributed by atoms with Crippen molar-refractivity contribution in [2.24, 2.45) is 11.8 Å². The molecule has 1 heterocycles. The van der Waals surface area contributed by atoms with Gasteiger partial charge in [0.25, 0.3) is 0 Å². The normalized spacial score (nSPS) is 18.2. The van der Waals surface area contributed by atoms with Crippen molar-refractivity contribution in [3.63, 3.8) is 0 Å². The van der Waals surface area contributed by atoms with Crippen LogP contribution in [0.5, 0.6) is 0 Å². The van der Waals surface area contributed by atoms with Gasteiger partial charge in [-0.1, -0.05) is 44.7 Å². The Hall–Kier alpha value is 0.0600. The number of hydrogen-bond donors (Lipinski definition) is 0. The molecule has 3 nitrogen and oxygen atoms in total. The van der Waals surface area contributed by atoms with Crippen molar-refractivity contribution in [1.29, 1.82) is 0 Å². The molecule has 1 saturated carbocycles. The van der Waals surface area contributed by atoms with Crippen molar-refractivity contribution >= 4 is 34.2 Å². The van der Waals surface area contributed by atoms with Gasteiger partial charge in [-0.25, -0.2) is 9.97 Å². The van der Waals surface area contributed by atoms with Crippen LogP contribution in [0, 0.1) is 15.4 Å². The number of aromatic nitrogens is 2. The minimum Gasteiger partial charge on any atom is -0.373 e. The Labute approximate surface area is 146 Å². The predicted molar refractivity (Wildman–Crippen MR) is 94.6 cm³/mol. The average Bonchev–Trinajstić information content (AvgIpc) is 2.45. The standard InChI is InChI=1S/C16H24ClIN2O/c1-10(2)9-12-13(18)15(17)20-16(19-12)14(21-3)11-7-5-4-6-8-11/h10-11,14H,4-9H2,1-3H3. The van der Waals surface area contributed by atoms with E-state index in [0.717, 1.165) is 21.5 Å². The van der Waals surface area contributed by atoms with Gasteiger partial charge in [0.15, 0.2) is 5.82 Å². The molecule has 0 saturated heterocycles. The van der Waals surface area contributed by atoms with Crippen LogP contribution in [-0.4, -0.2) is 17.1 Å². The lowest BCUT2D eigenvalue weighted by Gasteiger charge is -2.28. The van der Waals surface area contributed by atoms with E-state index in [9.17, 15) is 0 Å². The van der Waals surface area contributed by atoms with Crippen LogP contribution in [0.15, 0.2) is 0 Å². The molecule has 1 unspecified atom stereocenters. The van der Waals surface area contributed by atoms with Crippen LogP contribution >= 0.6 is 34.2 Å². The molecular formula is C16H24ClIN2O. The summed E-state index contributed by atoms with van der Waals surface area (Å²) in [4.78, 5) is 9.30. The zero-order valence-electron chi connectivity index (χ0n) is 13.0. The molecule has 0 spiro atoms. The highest BCUT2D eigenvalue weighted by Gasteiger charge is 2.28.